The van der Waals surface area contributed by atoms with Gasteiger partial charge in [-0.3, -0.25) is 4.79 Å². The van der Waals surface area contributed by atoms with Gasteiger partial charge in [-0.25, -0.2) is 0 Å². The number of rotatable bonds is 7. The first-order chi connectivity index (χ1) is 9.01. The van der Waals surface area contributed by atoms with Crippen LogP contribution < -0.4 is 5.32 Å². The van der Waals surface area contributed by atoms with E-state index in [2.05, 4.69) is 5.32 Å². The Labute approximate surface area is 124 Å². The molecule has 0 saturated heterocycles. The first-order valence-electron chi connectivity index (χ1n) is 6.17. The van der Waals surface area contributed by atoms with Gasteiger partial charge in [-0.15, -0.1) is 11.8 Å². The quantitative estimate of drug-likeness (QED) is 0.476. The van der Waals surface area contributed by atoms with Crippen molar-refractivity contribution in [3.8, 4) is 0 Å². The van der Waals surface area contributed by atoms with Gasteiger partial charge >= 0.3 is 5.97 Å². The van der Waals surface area contributed by atoms with Crippen LogP contribution in [0.25, 0.3) is 0 Å². The van der Waals surface area contributed by atoms with Gasteiger partial charge in [-0.05, 0) is 56.8 Å². The third-order valence-corrected chi connectivity index (χ3v) is 4.44. The SMILES string of the molecule is CNC(C)(CCCSc1ccc(Cl)cc1)C(=O)OC. The van der Waals surface area contributed by atoms with Gasteiger partial charge in [0, 0.05) is 9.92 Å². The number of benzene rings is 1. The third-order valence-electron chi connectivity index (χ3n) is 3.09. The summed E-state index contributed by atoms with van der Waals surface area (Å²) in [6.45, 7) is 1.87. The highest BCUT2D eigenvalue weighted by Crippen LogP contribution is 2.23. The lowest BCUT2D eigenvalue weighted by Crippen LogP contribution is -2.48. The van der Waals surface area contributed by atoms with Gasteiger partial charge in [-0.1, -0.05) is 11.6 Å². The van der Waals surface area contributed by atoms with Crippen LogP contribution in [0.3, 0.4) is 0 Å². The average molecular weight is 302 g/mol. The summed E-state index contributed by atoms with van der Waals surface area (Å²) in [5.41, 5.74) is -0.602. The zero-order valence-corrected chi connectivity index (χ0v) is 13.1. The van der Waals surface area contributed by atoms with E-state index in [0.717, 1.165) is 23.6 Å². The molecular formula is C14H20ClNO2S. The van der Waals surface area contributed by atoms with Crippen molar-refractivity contribution in [1.29, 1.82) is 0 Å². The number of carbonyl (C=O) groups excluding carboxylic acids is 1. The molecule has 0 amide bonds. The van der Waals surface area contributed by atoms with Crippen molar-refractivity contribution in [1.82, 2.24) is 5.32 Å². The number of nitrogens with one attached hydrogen (secondary N) is 1. The van der Waals surface area contributed by atoms with Crippen LogP contribution >= 0.6 is 23.4 Å². The molecule has 1 aromatic rings. The summed E-state index contributed by atoms with van der Waals surface area (Å²) in [6.07, 6.45) is 1.68. The van der Waals surface area contributed by atoms with E-state index in [9.17, 15) is 4.79 Å². The zero-order chi connectivity index (χ0) is 14.3. The zero-order valence-electron chi connectivity index (χ0n) is 11.5. The number of likely N-dealkylation sites (N-methyl/N-ethyl adjacent to an activating group) is 1. The predicted molar refractivity (Wildman–Crippen MR) is 80.9 cm³/mol. The van der Waals surface area contributed by atoms with E-state index in [4.69, 9.17) is 16.3 Å². The molecule has 106 valence electrons. The Kier molecular flexibility index (Phi) is 6.69. The molecule has 0 aliphatic carbocycles. The van der Waals surface area contributed by atoms with Crippen molar-refractivity contribution in [2.75, 3.05) is 19.9 Å². The second kappa shape index (κ2) is 7.78. The highest BCUT2D eigenvalue weighted by atomic mass is 35.5. The van der Waals surface area contributed by atoms with Crippen LogP contribution in [-0.4, -0.2) is 31.4 Å². The summed E-state index contributed by atoms with van der Waals surface area (Å²) in [5.74, 6) is 0.738. The number of carbonyl (C=O) groups is 1. The van der Waals surface area contributed by atoms with E-state index < -0.39 is 5.54 Å². The van der Waals surface area contributed by atoms with Gasteiger partial charge in [0.2, 0.25) is 0 Å². The molecule has 0 heterocycles. The lowest BCUT2D eigenvalue weighted by molar-refractivity contribution is -0.148. The number of halogens is 1. The van der Waals surface area contributed by atoms with E-state index in [-0.39, 0.29) is 5.97 Å². The minimum Gasteiger partial charge on any atom is -0.468 e. The number of ether oxygens (including phenoxy) is 1. The Morgan fingerprint density at radius 3 is 2.58 bits per heavy atom. The number of hydrogen-bond donors (Lipinski definition) is 1. The second-order valence-electron chi connectivity index (χ2n) is 4.48. The summed E-state index contributed by atoms with van der Waals surface area (Å²) in [7, 11) is 3.20. The largest absolute Gasteiger partial charge is 0.468 e. The molecule has 19 heavy (non-hydrogen) atoms. The van der Waals surface area contributed by atoms with Crippen molar-refractivity contribution >= 4 is 29.3 Å². The summed E-state index contributed by atoms with van der Waals surface area (Å²) < 4.78 is 4.81. The van der Waals surface area contributed by atoms with Crippen molar-refractivity contribution in [2.45, 2.75) is 30.2 Å². The first-order valence-corrected chi connectivity index (χ1v) is 7.54. The number of methoxy groups -OCH3 is 1. The van der Waals surface area contributed by atoms with Crippen molar-refractivity contribution < 1.29 is 9.53 Å². The van der Waals surface area contributed by atoms with Crippen LogP contribution in [0.4, 0.5) is 0 Å². The van der Waals surface area contributed by atoms with E-state index in [0.29, 0.717) is 0 Å². The first kappa shape index (κ1) is 16.3. The lowest BCUT2D eigenvalue weighted by atomic mass is 9.97. The smallest absolute Gasteiger partial charge is 0.325 e. The molecular weight excluding hydrogens is 282 g/mol. The maximum atomic E-state index is 11.7. The number of esters is 1. The maximum absolute atomic E-state index is 11.7. The molecule has 0 aromatic heterocycles. The Morgan fingerprint density at radius 1 is 1.42 bits per heavy atom. The van der Waals surface area contributed by atoms with Gasteiger partial charge < -0.3 is 10.1 Å². The van der Waals surface area contributed by atoms with Crippen LogP contribution in [0, 0.1) is 0 Å². The Hall–Kier alpha value is -0.710. The monoisotopic (exact) mass is 301 g/mol. The Bertz CT molecular complexity index is 410. The van der Waals surface area contributed by atoms with Gasteiger partial charge in [0.1, 0.15) is 5.54 Å². The molecule has 1 atom stereocenters. The van der Waals surface area contributed by atoms with E-state index in [1.165, 1.54) is 12.0 Å². The van der Waals surface area contributed by atoms with Gasteiger partial charge in [0.05, 0.1) is 7.11 Å². The topological polar surface area (TPSA) is 38.3 Å². The normalized spacial score (nSPS) is 13.9. The summed E-state index contributed by atoms with van der Waals surface area (Å²) in [4.78, 5) is 12.8. The Morgan fingerprint density at radius 2 is 2.05 bits per heavy atom. The predicted octanol–water partition coefficient (Wildman–Crippen LogP) is 3.36. The standard InChI is InChI=1S/C14H20ClNO2S/c1-14(16-2,13(17)18-3)9-4-10-19-12-7-5-11(15)6-8-12/h5-8,16H,4,9-10H2,1-3H3. The molecule has 0 spiro atoms. The van der Waals surface area contributed by atoms with Crippen LogP contribution in [0.1, 0.15) is 19.8 Å². The van der Waals surface area contributed by atoms with Crippen LogP contribution in [0.5, 0.6) is 0 Å². The summed E-state index contributed by atoms with van der Waals surface area (Å²) >= 11 is 7.59. The van der Waals surface area contributed by atoms with Gasteiger partial charge in [0.15, 0.2) is 0 Å². The molecule has 0 aliphatic rings. The molecule has 1 rings (SSSR count). The molecule has 0 saturated carbocycles. The number of hydrogen-bond acceptors (Lipinski definition) is 4. The fraction of sp³-hybridized carbons (Fsp3) is 0.500. The van der Waals surface area contributed by atoms with Gasteiger partial charge in [0.25, 0.3) is 0 Å². The molecule has 1 N–H and O–H groups in total. The summed E-state index contributed by atoms with van der Waals surface area (Å²) in [6, 6.07) is 7.78. The minimum atomic E-state index is -0.602. The lowest BCUT2D eigenvalue weighted by Gasteiger charge is -2.25. The highest BCUT2D eigenvalue weighted by molar-refractivity contribution is 7.99. The number of thioether (sulfide) groups is 1. The molecule has 5 heteroatoms. The van der Waals surface area contributed by atoms with E-state index >= 15 is 0 Å². The van der Waals surface area contributed by atoms with Crippen LogP contribution in [-0.2, 0) is 9.53 Å². The fourth-order valence-corrected chi connectivity index (χ4v) is 2.68. The molecule has 1 aromatic carbocycles. The van der Waals surface area contributed by atoms with Gasteiger partial charge in [-0.2, -0.15) is 0 Å². The van der Waals surface area contributed by atoms with Crippen molar-refractivity contribution in [3.05, 3.63) is 29.3 Å². The average Bonchev–Trinajstić information content (AvgIpc) is 2.44. The molecule has 1 unspecified atom stereocenters. The van der Waals surface area contributed by atoms with E-state index in [1.54, 1.807) is 18.8 Å². The molecule has 0 fully saturated rings. The fourth-order valence-electron chi connectivity index (χ4n) is 1.70. The highest BCUT2D eigenvalue weighted by Gasteiger charge is 2.31. The van der Waals surface area contributed by atoms with Crippen LogP contribution in [0.2, 0.25) is 5.02 Å². The minimum absolute atomic E-state index is 0.216. The summed E-state index contributed by atoms with van der Waals surface area (Å²) in [5, 5.41) is 3.78. The van der Waals surface area contributed by atoms with Crippen molar-refractivity contribution in [2.24, 2.45) is 0 Å². The molecule has 0 bridgehead atoms. The van der Waals surface area contributed by atoms with Crippen LogP contribution in [0.15, 0.2) is 29.2 Å². The molecule has 3 nitrogen and oxygen atoms in total. The third kappa shape index (κ3) is 5.05. The van der Waals surface area contributed by atoms with E-state index in [1.807, 2.05) is 31.2 Å². The molecule has 0 radical (unpaired) electrons. The maximum Gasteiger partial charge on any atom is 0.325 e. The Balaban J connectivity index is 2.37. The molecule has 0 aliphatic heterocycles. The second-order valence-corrected chi connectivity index (χ2v) is 6.08. The van der Waals surface area contributed by atoms with Crippen molar-refractivity contribution in [3.63, 3.8) is 0 Å².